The highest BCUT2D eigenvalue weighted by Gasteiger charge is 2.26. The van der Waals surface area contributed by atoms with E-state index in [9.17, 15) is 9.90 Å². The Morgan fingerprint density at radius 3 is 3.12 bits per heavy atom. The van der Waals surface area contributed by atoms with Gasteiger partial charge in [-0.2, -0.15) is 10.1 Å². The van der Waals surface area contributed by atoms with Gasteiger partial charge in [-0.3, -0.25) is 9.78 Å². The molecule has 4 rings (SSSR count). The number of hydrogen-bond acceptors (Lipinski definition) is 4. The van der Waals surface area contributed by atoms with Gasteiger partial charge in [0.2, 0.25) is 17.0 Å². The van der Waals surface area contributed by atoms with E-state index in [4.69, 9.17) is 0 Å². The molecule has 24 heavy (non-hydrogen) atoms. The number of aromatic nitrogens is 3. The van der Waals surface area contributed by atoms with E-state index in [0.29, 0.717) is 22.3 Å². The summed E-state index contributed by atoms with van der Waals surface area (Å²) < 4.78 is 1.43. The summed E-state index contributed by atoms with van der Waals surface area (Å²) >= 11 is 1.38. The van der Waals surface area contributed by atoms with Crippen LogP contribution in [-0.2, 0) is 4.79 Å². The van der Waals surface area contributed by atoms with Gasteiger partial charge in [-0.1, -0.05) is 17.4 Å². The smallest absolute Gasteiger partial charge is 0.405 e. The number of carbonyl (C=O) groups excluding carboxylic acids is 1. The maximum atomic E-state index is 11.6. The second-order valence-corrected chi connectivity index (χ2v) is 6.04. The Morgan fingerprint density at radius 1 is 1.42 bits per heavy atom. The highest BCUT2D eigenvalue weighted by molar-refractivity contribution is 7.12. The van der Waals surface area contributed by atoms with E-state index in [0.717, 1.165) is 16.5 Å². The van der Waals surface area contributed by atoms with Gasteiger partial charge in [-0.05, 0) is 12.4 Å². The average molecular weight is 334 g/mol. The Hall–Kier alpha value is -3.12. The normalized spacial score (nSPS) is 13.7. The third kappa shape index (κ3) is 2.24. The van der Waals surface area contributed by atoms with E-state index in [2.05, 4.69) is 9.97 Å². The Labute approximate surface area is 141 Å². The molecule has 3 aromatic heterocycles. The lowest BCUT2D eigenvalue weighted by molar-refractivity contribution is -0.539. The predicted octanol–water partition coefficient (Wildman–Crippen LogP) is 0.976. The van der Waals surface area contributed by atoms with Crippen LogP contribution in [0.4, 0.5) is 0 Å². The molecular formula is C18H12N3O2S-. The van der Waals surface area contributed by atoms with Crippen LogP contribution < -0.4 is 15.1 Å². The molecule has 0 radical (unpaired) electrons. The first-order valence-electron chi connectivity index (χ1n) is 7.25. The summed E-state index contributed by atoms with van der Waals surface area (Å²) in [4.78, 5) is 20.0. The first-order valence-corrected chi connectivity index (χ1v) is 8.13. The van der Waals surface area contributed by atoms with Gasteiger partial charge in [0.15, 0.2) is 5.38 Å². The van der Waals surface area contributed by atoms with E-state index in [1.54, 1.807) is 24.0 Å². The van der Waals surface area contributed by atoms with Gasteiger partial charge in [-0.25, -0.2) is 24.6 Å². The molecule has 0 aliphatic heterocycles. The van der Waals surface area contributed by atoms with Gasteiger partial charge >= 0.3 is 11.4 Å². The van der Waals surface area contributed by atoms with Gasteiger partial charge in [0, 0.05) is 11.8 Å². The summed E-state index contributed by atoms with van der Waals surface area (Å²) in [5.74, 6) is 0.0298. The van der Waals surface area contributed by atoms with Gasteiger partial charge in [0.1, 0.15) is 0 Å². The van der Waals surface area contributed by atoms with Crippen molar-refractivity contribution in [2.24, 2.45) is 0 Å². The maximum absolute atomic E-state index is 11.6. The molecule has 118 valence electrons. The summed E-state index contributed by atoms with van der Waals surface area (Å²) in [6.45, 7) is 0. The number of aliphatic hydroxyl groups is 1. The molecule has 0 fully saturated rings. The number of pyridine rings is 1. The van der Waals surface area contributed by atoms with Gasteiger partial charge in [0.25, 0.3) is 0 Å². The number of nitrogens with zero attached hydrogens (tertiary/aromatic N) is 3. The molecule has 6 heteroatoms. The zero-order chi connectivity index (χ0) is 16.5. The van der Waals surface area contributed by atoms with Crippen molar-refractivity contribution >= 4 is 35.7 Å². The minimum Gasteiger partial charge on any atom is -0.542 e. The SMILES string of the molecule is O=C[n+]1c(C(O)=c2cnc3[c-]2C=C[CH-]C=3)c[s+][c-]1-c1cccnc1. The lowest BCUT2D eigenvalue weighted by Crippen LogP contribution is -2.38. The number of thiazole rings is 1. The molecule has 3 heterocycles. The predicted molar refractivity (Wildman–Crippen MR) is 91.9 cm³/mol. The molecule has 0 saturated carbocycles. The van der Waals surface area contributed by atoms with Crippen molar-refractivity contribution in [3.8, 4) is 10.6 Å². The van der Waals surface area contributed by atoms with Crippen molar-refractivity contribution in [3.63, 3.8) is 0 Å². The van der Waals surface area contributed by atoms with E-state index >= 15 is 0 Å². The summed E-state index contributed by atoms with van der Waals surface area (Å²) in [6, 6.07) is 3.68. The van der Waals surface area contributed by atoms with Crippen molar-refractivity contribution in [2.45, 2.75) is 0 Å². The van der Waals surface area contributed by atoms with Gasteiger partial charge in [0.05, 0.1) is 5.76 Å². The average Bonchev–Trinajstić information content (AvgIpc) is 3.26. The lowest BCUT2D eigenvalue weighted by atomic mass is 10.1. The number of allylic oxidation sites excluding steroid dienone is 1. The van der Waals surface area contributed by atoms with Crippen LogP contribution in [-0.4, -0.2) is 21.5 Å². The zero-order valence-electron chi connectivity index (χ0n) is 12.5. The van der Waals surface area contributed by atoms with Crippen molar-refractivity contribution in [1.29, 1.82) is 0 Å². The molecule has 0 spiro atoms. The third-order valence-corrected chi connectivity index (χ3v) is 4.80. The van der Waals surface area contributed by atoms with Gasteiger partial charge in [-0.15, -0.1) is 5.35 Å². The molecule has 0 atom stereocenters. The molecule has 5 nitrogen and oxygen atoms in total. The summed E-state index contributed by atoms with van der Waals surface area (Å²) in [7, 11) is 0. The van der Waals surface area contributed by atoms with Crippen LogP contribution in [0.15, 0.2) is 42.2 Å². The fourth-order valence-electron chi connectivity index (χ4n) is 2.65. The Morgan fingerprint density at radius 2 is 2.33 bits per heavy atom. The van der Waals surface area contributed by atoms with E-state index in [-0.39, 0.29) is 5.76 Å². The lowest BCUT2D eigenvalue weighted by Gasteiger charge is -2.11. The number of carbonyl (C=O) groups is 1. The molecular weight excluding hydrogens is 322 g/mol. The van der Waals surface area contributed by atoms with Crippen LogP contribution in [0.1, 0.15) is 11.3 Å². The van der Waals surface area contributed by atoms with Crippen molar-refractivity contribution < 1.29 is 14.5 Å². The van der Waals surface area contributed by atoms with Crippen molar-refractivity contribution in [3.05, 3.63) is 70.4 Å². The third-order valence-electron chi connectivity index (χ3n) is 3.80. The molecule has 0 unspecified atom stereocenters. The fraction of sp³-hybridized carbons (Fsp3) is 0. The molecule has 0 saturated heterocycles. The second kappa shape index (κ2) is 5.82. The van der Waals surface area contributed by atoms with E-state index < -0.39 is 0 Å². The minimum absolute atomic E-state index is 0.0298. The van der Waals surface area contributed by atoms with Crippen LogP contribution in [0.25, 0.3) is 28.5 Å². The molecule has 1 N–H and O–H groups in total. The Kier molecular flexibility index (Phi) is 3.51. The van der Waals surface area contributed by atoms with Crippen LogP contribution in [0.5, 0.6) is 0 Å². The molecule has 0 amide bonds. The second-order valence-electron chi connectivity index (χ2n) is 5.18. The minimum atomic E-state index is 0.0298. The highest BCUT2D eigenvalue weighted by Crippen LogP contribution is 2.22. The first-order chi connectivity index (χ1) is 11.8. The zero-order valence-corrected chi connectivity index (χ0v) is 13.3. The quantitative estimate of drug-likeness (QED) is 0.336. The summed E-state index contributed by atoms with van der Waals surface area (Å²) in [5.41, 5.74) is 2.10. The first kappa shape index (κ1) is 14.5. The number of fused-ring (bicyclic) bond motifs is 1. The highest BCUT2D eigenvalue weighted by atomic mass is 32.1. The number of aliphatic hydroxyl groups excluding tert-OH is 1. The maximum Gasteiger partial charge on any atom is 0.405 e. The molecule has 1 aliphatic rings. The Balaban J connectivity index is 1.94. The number of hydrogen-bond donors (Lipinski definition) is 1. The standard InChI is InChI=1S/C18H12N3O2S/c22-11-21-16(10-24-18(21)12-4-3-7-19-8-12)17(23)14-9-20-15-6-2-1-5-13(14)15/h1-11,23H/q-1. The molecule has 0 aromatic carbocycles. The van der Waals surface area contributed by atoms with Crippen molar-refractivity contribution in [1.82, 2.24) is 9.97 Å². The Bertz CT molecular complexity index is 1060. The summed E-state index contributed by atoms with van der Waals surface area (Å²) in [5, 5.41) is 14.6. The molecule has 0 bridgehead atoms. The van der Waals surface area contributed by atoms with Crippen LogP contribution in [0, 0.1) is 6.42 Å². The largest absolute Gasteiger partial charge is 0.542 e. The molecule has 1 aliphatic carbocycles. The van der Waals surface area contributed by atoms with E-state index in [1.807, 2.05) is 36.8 Å². The van der Waals surface area contributed by atoms with Crippen LogP contribution in [0.3, 0.4) is 0 Å². The van der Waals surface area contributed by atoms with Crippen LogP contribution >= 0.6 is 11.3 Å². The van der Waals surface area contributed by atoms with E-state index in [1.165, 1.54) is 15.9 Å². The summed E-state index contributed by atoms with van der Waals surface area (Å²) in [6.07, 6.45) is 13.2. The fourth-order valence-corrected chi connectivity index (χ4v) is 3.61. The van der Waals surface area contributed by atoms with Crippen molar-refractivity contribution in [2.75, 3.05) is 0 Å². The van der Waals surface area contributed by atoms with Gasteiger partial charge < -0.3 is 10.1 Å². The van der Waals surface area contributed by atoms with Crippen LogP contribution in [0.2, 0.25) is 0 Å². The number of rotatable bonds is 3. The topological polar surface area (TPSA) is 67.0 Å². The monoisotopic (exact) mass is 334 g/mol. The molecule has 3 aromatic rings.